The van der Waals surface area contributed by atoms with Crippen LogP contribution in [0.2, 0.25) is 0 Å². The quantitative estimate of drug-likeness (QED) is 0.282. The normalized spacial score (nSPS) is 12.0. The first-order valence-electron chi connectivity index (χ1n) is 9.57. The summed E-state index contributed by atoms with van der Waals surface area (Å²) in [4.78, 5) is 11.5. The van der Waals surface area contributed by atoms with Crippen LogP contribution in [-0.2, 0) is 4.74 Å². The molecule has 0 amide bonds. The minimum absolute atomic E-state index is 0.195. The third-order valence-corrected chi connectivity index (χ3v) is 4.57. The molecule has 0 aromatic heterocycles. The SMILES string of the molecule is COc1cc([C@H](CC=C(C)C)OCC(C)C)c(OC)c2c(N=O)ccc(NO)c12. The average molecular weight is 402 g/mol. The lowest BCUT2D eigenvalue weighted by Gasteiger charge is -2.24. The number of nitrogens with one attached hydrogen (secondary N) is 1. The Labute approximate surface area is 171 Å². The van der Waals surface area contributed by atoms with Crippen LogP contribution in [-0.4, -0.2) is 26.0 Å². The van der Waals surface area contributed by atoms with Gasteiger partial charge in [-0.05, 0) is 49.6 Å². The maximum Gasteiger partial charge on any atom is 0.135 e. The topological polar surface area (TPSA) is 89.4 Å². The average Bonchev–Trinajstić information content (AvgIpc) is 2.71. The van der Waals surface area contributed by atoms with Crippen LogP contribution in [0.25, 0.3) is 10.8 Å². The molecule has 0 aliphatic rings. The second kappa shape index (κ2) is 10.2. The molecule has 158 valence electrons. The largest absolute Gasteiger partial charge is 0.496 e. The Morgan fingerprint density at radius 2 is 1.93 bits per heavy atom. The summed E-state index contributed by atoms with van der Waals surface area (Å²) in [6.45, 7) is 8.81. The zero-order chi connectivity index (χ0) is 21.6. The highest BCUT2D eigenvalue weighted by atomic mass is 16.5. The Kier molecular flexibility index (Phi) is 7.99. The van der Waals surface area contributed by atoms with Crippen molar-refractivity contribution in [2.45, 2.75) is 40.2 Å². The van der Waals surface area contributed by atoms with Crippen molar-refractivity contribution in [2.24, 2.45) is 11.1 Å². The van der Waals surface area contributed by atoms with Crippen molar-refractivity contribution in [3.8, 4) is 11.5 Å². The summed E-state index contributed by atoms with van der Waals surface area (Å²) in [5.74, 6) is 1.31. The summed E-state index contributed by atoms with van der Waals surface area (Å²) in [6, 6.07) is 4.93. The van der Waals surface area contributed by atoms with Gasteiger partial charge in [-0.3, -0.25) is 10.7 Å². The van der Waals surface area contributed by atoms with E-state index in [0.29, 0.717) is 46.9 Å². The first-order chi connectivity index (χ1) is 13.9. The first-order valence-corrected chi connectivity index (χ1v) is 9.57. The number of nitroso groups, excluding NO2 is 1. The van der Waals surface area contributed by atoms with E-state index in [2.05, 4.69) is 30.6 Å². The molecule has 0 saturated carbocycles. The maximum absolute atomic E-state index is 11.5. The van der Waals surface area contributed by atoms with Crippen molar-refractivity contribution in [1.82, 2.24) is 0 Å². The van der Waals surface area contributed by atoms with Crippen LogP contribution >= 0.6 is 0 Å². The number of benzene rings is 2. The van der Waals surface area contributed by atoms with Gasteiger partial charge in [0.1, 0.15) is 17.2 Å². The van der Waals surface area contributed by atoms with E-state index in [4.69, 9.17) is 14.2 Å². The Morgan fingerprint density at radius 1 is 1.21 bits per heavy atom. The predicted molar refractivity (Wildman–Crippen MR) is 115 cm³/mol. The molecule has 7 nitrogen and oxygen atoms in total. The molecule has 0 fully saturated rings. The molecule has 1 atom stereocenters. The molecule has 2 N–H and O–H groups in total. The van der Waals surface area contributed by atoms with Gasteiger partial charge in [0, 0.05) is 12.2 Å². The highest BCUT2D eigenvalue weighted by Gasteiger charge is 2.25. The molecule has 2 rings (SSSR count). The summed E-state index contributed by atoms with van der Waals surface area (Å²) in [5.41, 5.74) is 4.68. The minimum Gasteiger partial charge on any atom is -0.496 e. The zero-order valence-corrected chi connectivity index (χ0v) is 17.9. The number of nitrogens with zero attached hydrogens (tertiary/aromatic N) is 1. The fourth-order valence-electron chi connectivity index (χ4n) is 3.23. The predicted octanol–water partition coefficient (Wildman–Crippen LogP) is 6.13. The zero-order valence-electron chi connectivity index (χ0n) is 17.9. The van der Waals surface area contributed by atoms with Gasteiger partial charge in [0.15, 0.2) is 0 Å². The number of methoxy groups -OCH3 is 2. The Bertz CT molecular complexity index is 889. The molecule has 0 aliphatic heterocycles. The van der Waals surface area contributed by atoms with E-state index in [-0.39, 0.29) is 11.8 Å². The van der Waals surface area contributed by atoms with Crippen molar-refractivity contribution in [1.29, 1.82) is 0 Å². The monoisotopic (exact) mass is 402 g/mol. The van der Waals surface area contributed by atoms with E-state index in [9.17, 15) is 10.1 Å². The van der Waals surface area contributed by atoms with Gasteiger partial charge < -0.3 is 14.2 Å². The van der Waals surface area contributed by atoms with E-state index >= 15 is 0 Å². The molecule has 2 aromatic carbocycles. The van der Waals surface area contributed by atoms with Crippen molar-refractivity contribution in [3.63, 3.8) is 0 Å². The first kappa shape index (κ1) is 22.6. The number of rotatable bonds is 10. The molecular formula is C22H30N2O5. The summed E-state index contributed by atoms with van der Waals surface area (Å²) < 4.78 is 17.5. The van der Waals surface area contributed by atoms with Crippen LogP contribution in [0.3, 0.4) is 0 Å². The van der Waals surface area contributed by atoms with Crippen LogP contribution in [0.15, 0.2) is 35.0 Å². The van der Waals surface area contributed by atoms with E-state index in [0.717, 1.165) is 5.56 Å². The van der Waals surface area contributed by atoms with E-state index in [1.165, 1.54) is 18.7 Å². The highest BCUT2D eigenvalue weighted by Crippen LogP contribution is 2.48. The van der Waals surface area contributed by atoms with Gasteiger partial charge in [0.05, 0.1) is 36.8 Å². The van der Waals surface area contributed by atoms with Gasteiger partial charge in [-0.2, -0.15) is 0 Å². The van der Waals surface area contributed by atoms with Gasteiger partial charge in [-0.25, -0.2) is 0 Å². The third-order valence-electron chi connectivity index (χ3n) is 4.57. The van der Waals surface area contributed by atoms with E-state index in [1.54, 1.807) is 13.2 Å². The van der Waals surface area contributed by atoms with Crippen molar-refractivity contribution >= 4 is 22.1 Å². The fourth-order valence-corrected chi connectivity index (χ4v) is 3.23. The molecule has 0 heterocycles. The lowest BCUT2D eigenvalue weighted by Crippen LogP contribution is -2.11. The van der Waals surface area contributed by atoms with Gasteiger partial charge >= 0.3 is 0 Å². The molecule has 0 bridgehead atoms. The molecule has 0 spiro atoms. The van der Waals surface area contributed by atoms with Gasteiger partial charge in [0.2, 0.25) is 0 Å². The van der Waals surface area contributed by atoms with E-state index in [1.807, 2.05) is 19.9 Å². The minimum atomic E-state index is -0.300. The van der Waals surface area contributed by atoms with E-state index < -0.39 is 0 Å². The number of anilines is 1. The molecule has 0 aliphatic carbocycles. The lowest BCUT2D eigenvalue weighted by atomic mass is 9.96. The second-order valence-electron chi connectivity index (χ2n) is 7.52. The molecule has 7 heteroatoms. The number of fused-ring (bicyclic) bond motifs is 1. The Morgan fingerprint density at radius 3 is 2.45 bits per heavy atom. The van der Waals surface area contributed by atoms with Crippen molar-refractivity contribution in [3.05, 3.63) is 40.3 Å². The molecule has 0 radical (unpaired) electrons. The summed E-state index contributed by atoms with van der Waals surface area (Å²) >= 11 is 0. The van der Waals surface area contributed by atoms with Gasteiger partial charge in [-0.15, -0.1) is 4.91 Å². The number of hydrogen-bond donors (Lipinski definition) is 2. The Hall–Kier alpha value is -2.64. The van der Waals surface area contributed by atoms with Gasteiger partial charge in [-0.1, -0.05) is 25.5 Å². The lowest BCUT2D eigenvalue weighted by molar-refractivity contribution is 0.0353. The van der Waals surface area contributed by atoms with Gasteiger partial charge in [0.25, 0.3) is 0 Å². The molecule has 0 unspecified atom stereocenters. The molecule has 29 heavy (non-hydrogen) atoms. The van der Waals surface area contributed by atoms with Crippen LogP contribution < -0.4 is 15.0 Å². The summed E-state index contributed by atoms with van der Waals surface area (Å²) in [5, 5.41) is 13.7. The number of hydrogen-bond acceptors (Lipinski definition) is 7. The van der Waals surface area contributed by atoms with Crippen LogP contribution in [0.4, 0.5) is 11.4 Å². The standard InChI is InChI=1S/C22H30N2O5/c1-13(2)7-10-18(29-12-14(3)4)15-11-19(27-5)20-16(23-25)8-9-17(24-26)21(20)22(15)28-6/h7-9,11,14,18,23,25H,10,12H2,1-6H3/t18-/m0/s1. The Balaban J connectivity index is 2.82. The molecular weight excluding hydrogens is 372 g/mol. The van der Waals surface area contributed by atoms with Crippen LogP contribution in [0.5, 0.6) is 11.5 Å². The molecule has 2 aromatic rings. The van der Waals surface area contributed by atoms with Crippen LogP contribution in [0.1, 0.15) is 45.8 Å². The molecule has 0 saturated heterocycles. The second-order valence-corrected chi connectivity index (χ2v) is 7.52. The smallest absolute Gasteiger partial charge is 0.135 e. The number of allylic oxidation sites excluding steroid dienone is 1. The van der Waals surface area contributed by atoms with Crippen molar-refractivity contribution < 1.29 is 19.4 Å². The van der Waals surface area contributed by atoms with Crippen LogP contribution in [0, 0.1) is 10.8 Å². The summed E-state index contributed by atoms with van der Waals surface area (Å²) in [6.07, 6.45) is 2.44. The maximum atomic E-state index is 11.5. The third kappa shape index (κ3) is 5.05. The summed E-state index contributed by atoms with van der Waals surface area (Å²) in [7, 11) is 3.08. The van der Waals surface area contributed by atoms with Crippen molar-refractivity contribution in [2.75, 3.05) is 26.3 Å². The highest BCUT2D eigenvalue weighted by molar-refractivity contribution is 6.08. The fraction of sp³-hybridized carbons (Fsp3) is 0.455. The number of ether oxygens (including phenoxy) is 3.